The number of hydrogen-bond acceptors (Lipinski definition) is 3. The van der Waals surface area contributed by atoms with Gasteiger partial charge >= 0.3 is 0 Å². The van der Waals surface area contributed by atoms with Gasteiger partial charge in [0.1, 0.15) is 4.60 Å². The van der Waals surface area contributed by atoms with Crippen LogP contribution in [0.2, 0.25) is 0 Å². The second-order valence-electron chi connectivity index (χ2n) is 3.99. The Morgan fingerprint density at radius 2 is 2.31 bits per heavy atom. The first kappa shape index (κ1) is 10.0. The van der Waals surface area contributed by atoms with Crippen LogP contribution >= 0.6 is 15.9 Å². The summed E-state index contributed by atoms with van der Waals surface area (Å²) < 4.78 is 4.16. The first-order valence-corrected chi connectivity index (χ1v) is 6.15. The third-order valence-corrected chi connectivity index (χ3v) is 3.68. The third kappa shape index (κ3) is 1.32. The summed E-state index contributed by atoms with van der Waals surface area (Å²) >= 11 is 3.44. The zero-order chi connectivity index (χ0) is 11.3. The van der Waals surface area contributed by atoms with Gasteiger partial charge in [0.15, 0.2) is 5.52 Å². The van der Waals surface area contributed by atoms with E-state index in [4.69, 9.17) is 0 Å². The van der Waals surface area contributed by atoms with Gasteiger partial charge in [0.05, 0.1) is 17.6 Å². The SMILES string of the molecule is CCn1nc2c(=O)n(C3CC3)ncc2c1Br. The van der Waals surface area contributed by atoms with Crippen molar-refractivity contribution in [2.75, 3.05) is 0 Å². The van der Waals surface area contributed by atoms with Crippen LogP contribution in [-0.4, -0.2) is 19.6 Å². The molecule has 0 aromatic carbocycles. The maximum Gasteiger partial charge on any atom is 0.295 e. The summed E-state index contributed by atoms with van der Waals surface area (Å²) in [5.41, 5.74) is 0.434. The molecule has 84 valence electrons. The lowest BCUT2D eigenvalue weighted by atomic mass is 10.4. The highest BCUT2D eigenvalue weighted by molar-refractivity contribution is 9.10. The average molecular weight is 283 g/mol. The Bertz CT molecular complexity index is 611. The molecule has 3 rings (SSSR count). The fraction of sp³-hybridized carbons (Fsp3) is 0.500. The Morgan fingerprint density at radius 1 is 1.56 bits per heavy atom. The first-order chi connectivity index (χ1) is 7.72. The number of halogens is 1. The summed E-state index contributed by atoms with van der Waals surface area (Å²) in [5, 5.41) is 9.29. The monoisotopic (exact) mass is 282 g/mol. The zero-order valence-electron chi connectivity index (χ0n) is 8.85. The molecule has 2 aromatic rings. The normalized spacial score (nSPS) is 15.9. The van der Waals surface area contributed by atoms with Crippen LogP contribution in [0.5, 0.6) is 0 Å². The van der Waals surface area contributed by atoms with Crippen LogP contribution in [0.1, 0.15) is 25.8 Å². The number of hydrogen-bond donors (Lipinski definition) is 0. The van der Waals surface area contributed by atoms with Crippen molar-refractivity contribution in [3.8, 4) is 0 Å². The molecular weight excluding hydrogens is 272 g/mol. The van der Waals surface area contributed by atoms with E-state index in [0.717, 1.165) is 29.4 Å². The summed E-state index contributed by atoms with van der Waals surface area (Å²) in [5.74, 6) is 0. The molecule has 0 amide bonds. The highest BCUT2D eigenvalue weighted by Gasteiger charge is 2.27. The van der Waals surface area contributed by atoms with E-state index in [-0.39, 0.29) is 5.56 Å². The Kier molecular flexibility index (Phi) is 2.14. The van der Waals surface area contributed by atoms with Gasteiger partial charge < -0.3 is 0 Å². The van der Waals surface area contributed by atoms with E-state index in [0.29, 0.717) is 11.6 Å². The molecule has 1 aliphatic carbocycles. The molecule has 0 radical (unpaired) electrons. The number of aromatic nitrogens is 4. The maximum absolute atomic E-state index is 12.1. The quantitative estimate of drug-likeness (QED) is 0.843. The van der Waals surface area contributed by atoms with E-state index in [1.807, 2.05) is 6.92 Å². The molecular formula is C10H11BrN4O. The number of fused-ring (bicyclic) bond motifs is 1. The van der Waals surface area contributed by atoms with E-state index < -0.39 is 0 Å². The lowest BCUT2D eigenvalue weighted by Crippen LogP contribution is -2.21. The molecule has 0 bridgehead atoms. The predicted molar refractivity (Wildman–Crippen MR) is 63.4 cm³/mol. The standard InChI is InChI=1S/C10H11BrN4O/c1-2-14-9(11)7-5-12-15(6-3-4-6)10(16)8(7)13-14/h5-6H,2-4H2,1H3. The molecule has 0 aliphatic heterocycles. The van der Waals surface area contributed by atoms with Crippen LogP contribution in [0, 0.1) is 0 Å². The molecule has 16 heavy (non-hydrogen) atoms. The van der Waals surface area contributed by atoms with Crippen molar-refractivity contribution < 1.29 is 0 Å². The Balaban J connectivity index is 2.31. The van der Waals surface area contributed by atoms with Gasteiger partial charge in [-0.1, -0.05) is 0 Å². The fourth-order valence-corrected chi connectivity index (χ4v) is 2.42. The lowest BCUT2D eigenvalue weighted by molar-refractivity contribution is 0.602. The second-order valence-corrected chi connectivity index (χ2v) is 4.75. The summed E-state index contributed by atoms with van der Waals surface area (Å²) in [6, 6.07) is 0.294. The molecule has 5 nitrogen and oxygen atoms in total. The van der Waals surface area contributed by atoms with Gasteiger partial charge in [-0.05, 0) is 35.7 Å². The van der Waals surface area contributed by atoms with Crippen LogP contribution in [0.3, 0.4) is 0 Å². The van der Waals surface area contributed by atoms with Gasteiger partial charge in [-0.25, -0.2) is 4.68 Å². The Hall–Kier alpha value is -1.17. The van der Waals surface area contributed by atoms with Crippen LogP contribution in [-0.2, 0) is 6.54 Å². The van der Waals surface area contributed by atoms with Crippen molar-refractivity contribution >= 4 is 26.8 Å². The molecule has 1 fully saturated rings. The first-order valence-electron chi connectivity index (χ1n) is 5.36. The minimum Gasteiger partial charge on any atom is -0.265 e. The zero-order valence-corrected chi connectivity index (χ0v) is 10.4. The van der Waals surface area contributed by atoms with Crippen molar-refractivity contribution in [1.29, 1.82) is 0 Å². The van der Waals surface area contributed by atoms with Gasteiger partial charge in [0.2, 0.25) is 0 Å². The van der Waals surface area contributed by atoms with Gasteiger partial charge in [0.25, 0.3) is 5.56 Å². The highest BCUT2D eigenvalue weighted by Crippen LogP contribution is 2.33. The molecule has 6 heteroatoms. The average Bonchev–Trinajstić information content (AvgIpc) is 3.05. The number of rotatable bonds is 2. The van der Waals surface area contributed by atoms with Gasteiger partial charge in [-0.15, -0.1) is 0 Å². The van der Waals surface area contributed by atoms with Crippen molar-refractivity contribution in [3.05, 3.63) is 21.2 Å². The summed E-state index contributed by atoms with van der Waals surface area (Å²) in [6.45, 7) is 2.72. The van der Waals surface area contributed by atoms with Gasteiger partial charge in [0, 0.05) is 6.54 Å². The maximum atomic E-state index is 12.1. The molecule has 2 heterocycles. The minimum atomic E-state index is -0.0760. The summed E-state index contributed by atoms with van der Waals surface area (Å²) in [6.07, 6.45) is 3.82. The third-order valence-electron chi connectivity index (χ3n) is 2.84. The minimum absolute atomic E-state index is 0.0760. The fourth-order valence-electron chi connectivity index (χ4n) is 1.80. The van der Waals surface area contributed by atoms with Crippen molar-refractivity contribution in [2.24, 2.45) is 0 Å². The Morgan fingerprint density at radius 3 is 2.94 bits per heavy atom. The second kappa shape index (κ2) is 3.41. The van der Waals surface area contributed by atoms with E-state index in [9.17, 15) is 4.79 Å². The molecule has 1 aliphatic rings. The molecule has 0 N–H and O–H groups in total. The van der Waals surface area contributed by atoms with Crippen LogP contribution in [0.25, 0.3) is 10.9 Å². The van der Waals surface area contributed by atoms with E-state index in [2.05, 4.69) is 26.1 Å². The van der Waals surface area contributed by atoms with Crippen molar-refractivity contribution in [2.45, 2.75) is 32.4 Å². The summed E-state index contributed by atoms with van der Waals surface area (Å²) in [7, 11) is 0. The smallest absolute Gasteiger partial charge is 0.265 e. The number of nitrogens with zero attached hydrogens (tertiary/aromatic N) is 4. The van der Waals surface area contributed by atoms with Gasteiger partial charge in [-0.2, -0.15) is 10.2 Å². The molecule has 0 atom stereocenters. The predicted octanol–water partition coefficient (Wildman–Crippen LogP) is 1.71. The van der Waals surface area contributed by atoms with Crippen LogP contribution in [0.15, 0.2) is 15.6 Å². The van der Waals surface area contributed by atoms with E-state index in [1.54, 1.807) is 15.6 Å². The van der Waals surface area contributed by atoms with E-state index in [1.165, 1.54) is 0 Å². The molecule has 0 spiro atoms. The van der Waals surface area contributed by atoms with Gasteiger partial charge in [-0.3, -0.25) is 9.48 Å². The Labute approximate surface area is 100 Å². The topological polar surface area (TPSA) is 52.7 Å². The molecule has 1 saturated carbocycles. The largest absolute Gasteiger partial charge is 0.295 e. The van der Waals surface area contributed by atoms with Crippen molar-refractivity contribution in [1.82, 2.24) is 19.6 Å². The lowest BCUT2D eigenvalue weighted by Gasteiger charge is -1.99. The van der Waals surface area contributed by atoms with E-state index >= 15 is 0 Å². The highest BCUT2D eigenvalue weighted by atomic mass is 79.9. The molecule has 2 aromatic heterocycles. The summed E-state index contributed by atoms with van der Waals surface area (Å²) in [4.78, 5) is 12.1. The van der Waals surface area contributed by atoms with Crippen LogP contribution < -0.4 is 5.56 Å². The van der Waals surface area contributed by atoms with Crippen LogP contribution in [0.4, 0.5) is 0 Å². The molecule has 0 saturated heterocycles. The molecule has 0 unspecified atom stereocenters. The van der Waals surface area contributed by atoms with Crippen molar-refractivity contribution in [3.63, 3.8) is 0 Å². The number of aryl methyl sites for hydroxylation is 1.